The van der Waals surface area contributed by atoms with Crippen LogP contribution in [0.25, 0.3) is 33.3 Å². The van der Waals surface area contributed by atoms with Crippen LogP contribution < -0.4 is 16.6 Å². The highest BCUT2D eigenvalue weighted by Gasteiger charge is 2.29. The summed E-state index contributed by atoms with van der Waals surface area (Å²) in [7, 11) is 4.86. The number of halogens is 1. The van der Waals surface area contributed by atoms with Crippen LogP contribution in [0, 0.1) is 5.92 Å². The smallest absolute Gasteiger partial charge is 0.332 e. The number of H-pyrrole nitrogens is 1. The van der Waals surface area contributed by atoms with Gasteiger partial charge in [0, 0.05) is 44.3 Å². The van der Waals surface area contributed by atoms with Gasteiger partial charge in [-0.05, 0) is 43.0 Å². The van der Waals surface area contributed by atoms with Gasteiger partial charge in [-0.3, -0.25) is 28.5 Å². The molecule has 1 fully saturated rings. The molecule has 190 valence electrons. The number of benzene rings is 1. The average molecular weight is 521 g/mol. The topological polar surface area (TPSA) is 125 Å². The number of nitrogens with one attached hydrogen (secondary N) is 2. The van der Waals surface area contributed by atoms with Crippen molar-refractivity contribution in [3.63, 3.8) is 0 Å². The molecule has 2 N–H and O–H groups in total. The highest BCUT2D eigenvalue weighted by molar-refractivity contribution is 6.31. The lowest BCUT2D eigenvalue weighted by atomic mass is 10.2. The third-order valence-electron chi connectivity index (χ3n) is 7.00. The van der Waals surface area contributed by atoms with Crippen molar-refractivity contribution in [3.05, 3.63) is 67.6 Å². The lowest BCUT2D eigenvalue weighted by Crippen LogP contribution is -2.38. The van der Waals surface area contributed by atoms with Gasteiger partial charge in [-0.2, -0.15) is 10.2 Å². The van der Waals surface area contributed by atoms with Gasteiger partial charge in [-0.15, -0.1) is 0 Å². The highest BCUT2D eigenvalue weighted by atomic mass is 35.5. The van der Waals surface area contributed by atoms with Crippen molar-refractivity contribution in [2.24, 2.45) is 20.0 Å². The van der Waals surface area contributed by atoms with Crippen molar-refractivity contribution in [3.8, 4) is 11.4 Å². The first-order chi connectivity index (χ1) is 17.8. The Hall–Kier alpha value is -4.12. The number of fused-ring (bicyclic) bond motifs is 2. The summed E-state index contributed by atoms with van der Waals surface area (Å²) < 4.78 is 6.22. The first-order valence-corrected chi connectivity index (χ1v) is 12.4. The molecule has 0 radical (unpaired) electrons. The molecule has 1 aliphatic carbocycles. The predicted octanol–water partition coefficient (Wildman–Crippen LogP) is 2.25. The molecule has 0 spiro atoms. The second kappa shape index (κ2) is 8.48. The van der Waals surface area contributed by atoms with Crippen LogP contribution in [-0.2, 0) is 27.2 Å². The summed E-state index contributed by atoms with van der Waals surface area (Å²) in [5, 5.41) is 16.6. The van der Waals surface area contributed by atoms with E-state index in [4.69, 9.17) is 16.7 Å². The molecule has 37 heavy (non-hydrogen) atoms. The van der Waals surface area contributed by atoms with E-state index in [1.807, 2.05) is 12.1 Å². The Kier molecular flexibility index (Phi) is 5.34. The molecule has 0 saturated heterocycles. The van der Waals surface area contributed by atoms with Crippen LogP contribution in [0.1, 0.15) is 28.9 Å². The molecule has 0 unspecified atom stereocenters. The summed E-state index contributed by atoms with van der Waals surface area (Å²) in [5.41, 5.74) is 2.59. The summed E-state index contributed by atoms with van der Waals surface area (Å²) in [6, 6.07) is 7.15. The van der Waals surface area contributed by atoms with E-state index in [0.717, 1.165) is 34.0 Å². The normalized spacial score (nSPS) is 13.6. The van der Waals surface area contributed by atoms with Crippen LogP contribution in [-0.4, -0.2) is 46.6 Å². The van der Waals surface area contributed by atoms with E-state index in [0.29, 0.717) is 45.5 Å². The number of hydrogen-bond acceptors (Lipinski definition) is 5. The van der Waals surface area contributed by atoms with Gasteiger partial charge in [0.15, 0.2) is 5.65 Å². The van der Waals surface area contributed by atoms with Crippen molar-refractivity contribution in [2.75, 3.05) is 7.05 Å². The number of carbonyl (C=O) groups excluding carboxylic acids is 1. The molecule has 0 bridgehead atoms. The zero-order valence-electron chi connectivity index (χ0n) is 20.6. The molecule has 12 heteroatoms. The van der Waals surface area contributed by atoms with E-state index < -0.39 is 11.2 Å². The molecule has 1 aliphatic rings. The van der Waals surface area contributed by atoms with Crippen molar-refractivity contribution in [2.45, 2.75) is 25.9 Å². The van der Waals surface area contributed by atoms with E-state index >= 15 is 0 Å². The molecular weight excluding hydrogens is 496 g/mol. The van der Waals surface area contributed by atoms with Crippen LogP contribution >= 0.6 is 11.6 Å². The number of aromatic nitrogens is 7. The fourth-order valence-corrected chi connectivity index (χ4v) is 5.01. The summed E-state index contributed by atoms with van der Waals surface area (Å²) in [6.07, 6.45) is 3.78. The number of hydrogen-bond donors (Lipinski definition) is 2. The number of carbonyl (C=O) groups is 1. The zero-order chi connectivity index (χ0) is 26.0. The van der Waals surface area contributed by atoms with E-state index in [1.54, 1.807) is 46.2 Å². The number of aryl methyl sites for hydroxylation is 1. The number of amides is 1. The average Bonchev–Trinajstić information content (AvgIpc) is 3.33. The largest absolute Gasteiger partial charge is 0.355 e. The fourth-order valence-electron chi connectivity index (χ4n) is 4.83. The predicted molar refractivity (Wildman–Crippen MR) is 140 cm³/mol. The zero-order valence-corrected chi connectivity index (χ0v) is 21.3. The highest BCUT2D eigenvalue weighted by Crippen LogP contribution is 2.33. The summed E-state index contributed by atoms with van der Waals surface area (Å²) in [4.78, 5) is 39.1. The van der Waals surface area contributed by atoms with Crippen molar-refractivity contribution in [1.82, 2.24) is 39.0 Å². The third-order valence-corrected chi connectivity index (χ3v) is 7.24. The number of nitrogens with zero attached hydrogens (tertiary/aromatic N) is 6. The standard InChI is InChI=1S/C25H25ClN8O3/c1-27-23(35)14-8-19(31(2)11-14)21-20-22(33(10-13-4-5-13)25(37)32(3)24(20)36)30-34(21)12-18-16-9-15(26)6-7-17(16)28-29-18/h6-9,11,13H,4-5,10,12H2,1-3H3,(H,27,35)(H,28,29). The Bertz CT molecular complexity index is 1830. The van der Waals surface area contributed by atoms with Gasteiger partial charge in [0.25, 0.3) is 11.5 Å². The van der Waals surface area contributed by atoms with Crippen molar-refractivity contribution >= 4 is 39.4 Å². The van der Waals surface area contributed by atoms with Crippen molar-refractivity contribution < 1.29 is 4.79 Å². The molecule has 5 aromatic rings. The molecule has 4 heterocycles. The van der Waals surface area contributed by atoms with Gasteiger partial charge in [-0.25, -0.2) is 4.79 Å². The molecular formula is C25H25ClN8O3. The molecule has 0 aliphatic heterocycles. The van der Waals surface area contributed by atoms with E-state index in [9.17, 15) is 14.4 Å². The quantitative estimate of drug-likeness (QED) is 0.355. The van der Waals surface area contributed by atoms with Crippen LogP contribution in [0.5, 0.6) is 0 Å². The van der Waals surface area contributed by atoms with Crippen LogP contribution in [0.2, 0.25) is 5.02 Å². The Balaban J connectivity index is 1.64. The van der Waals surface area contributed by atoms with Crippen molar-refractivity contribution in [1.29, 1.82) is 0 Å². The second-order valence-electron chi connectivity index (χ2n) is 9.57. The molecule has 4 aromatic heterocycles. The SMILES string of the molecule is CNC(=O)c1cc(-c2c3c(=O)n(C)c(=O)n(CC4CC4)c3nn2Cc2[nH]nc3ccc(Cl)cc23)n(C)c1. The first kappa shape index (κ1) is 23.3. The second-order valence-corrected chi connectivity index (χ2v) is 10.0. The van der Waals surface area contributed by atoms with Gasteiger partial charge >= 0.3 is 5.69 Å². The van der Waals surface area contributed by atoms with Gasteiger partial charge in [0.05, 0.1) is 29.0 Å². The summed E-state index contributed by atoms with van der Waals surface area (Å²) in [5.74, 6) is 0.144. The lowest BCUT2D eigenvalue weighted by Gasteiger charge is -2.09. The van der Waals surface area contributed by atoms with Gasteiger partial charge in [0.1, 0.15) is 11.1 Å². The summed E-state index contributed by atoms with van der Waals surface area (Å²) >= 11 is 6.25. The van der Waals surface area contributed by atoms with Gasteiger partial charge in [-0.1, -0.05) is 11.6 Å². The molecule has 1 amide bonds. The Morgan fingerprint density at radius 3 is 2.73 bits per heavy atom. The lowest BCUT2D eigenvalue weighted by molar-refractivity contribution is 0.0963. The molecule has 1 saturated carbocycles. The van der Waals surface area contributed by atoms with Gasteiger partial charge in [0.2, 0.25) is 0 Å². The Morgan fingerprint density at radius 1 is 1.22 bits per heavy atom. The van der Waals surface area contributed by atoms with Crippen LogP contribution in [0.3, 0.4) is 0 Å². The monoisotopic (exact) mass is 520 g/mol. The van der Waals surface area contributed by atoms with Crippen LogP contribution in [0.15, 0.2) is 40.1 Å². The maximum absolute atomic E-state index is 13.5. The number of rotatable bonds is 6. The minimum absolute atomic E-state index is 0.238. The molecule has 11 nitrogen and oxygen atoms in total. The maximum atomic E-state index is 13.5. The minimum atomic E-state index is -0.437. The minimum Gasteiger partial charge on any atom is -0.355 e. The Labute approximate surface area is 215 Å². The maximum Gasteiger partial charge on any atom is 0.332 e. The molecule has 1 aromatic carbocycles. The molecule has 0 atom stereocenters. The summed E-state index contributed by atoms with van der Waals surface area (Å²) in [6.45, 7) is 0.737. The fraction of sp³-hybridized carbons (Fsp3) is 0.320. The first-order valence-electron chi connectivity index (χ1n) is 12.0. The Morgan fingerprint density at radius 2 is 2.00 bits per heavy atom. The van der Waals surface area contributed by atoms with E-state index in [1.165, 1.54) is 7.05 Å². The third kappa shape index (κ3) is 3.77. The van der Waals surface area contributed by atoms with E-state index in [2.05, 4.69) is 15.5 Å². The van der Waals surface area contributed by atoms with E-state index in [-0.39, 0.29) is 12.5 Å². The molecule has 6 rings (SSSR count). The van der Waals surface area contributed by atoms with Crippen LogP contribution in [0.4, 0.5) is 0 Å². The van der Waals surface area contributed by atoms with Gasteiger partial charge < -0.3 is 9.88 Å². The number of aromatic amines is 1.